The van der Waals surface area contributed by atoms with Crippen LogP contribution in [0.1, 0.15) is 59.7 Å². The number of nitrogens with one attached hydrogen (secondary N) is 1. The fourth-order valence-corrected chi connectivity index (χ4v) is 10.3. The molecule has 9 rings (SSSR count). The molecule has 3 aromatic rings. The minimum Gasteiger partial charge on any atom is -0.371 e. The molecule has 1 spiro atoms. The molecule has 0 aromatic heterocycles. The van der Waals surface area contributed by atoms with Gasteiger partial charge in [0.25, 0.3) is 11.8 Å². The van der Waals surface area contributed by atoms with E-state index in [0.717, 1.165) is 75.7 Å². The highest BCUT2D eigenvalue weighted by Crippen LogP contribution is 2.46. The number of alkyl halides is 1. The van der Waals surface area contributed by atoms with E-state index in [9.17, 15) is 19.2 Å². The first-order valence-corrected chi connectivity index (χ1v) is 20.3. The summed E-state index contributed by atoms with van der Waals surface area (Å²) in [6.45, 7) is 16.5. The molecule has 4 amide bonds. The van der Waals surface area contributed by atoms with Gasteiger partial charge in [0.1, 0.15) is 6.04 Å². The molecule has 57 heavy (non-hydrogen) atoms. The Morgan fingerprint density at radius 2 is 1.42 bits per heavy atom. The summed E-state index contributed by atoms with van der Waals surface area (Å²) < 4.78 is 16.0. The van der Waals surface area contributed by atoms with E-state index in [1.165, 1.54) is 11.4 Å². The number of piperazine rings is 1. The van der Waals surface area contributed by atoms with Gasteiger partial charge in [0.2, 0.25) is 17.5 Å². The third kappa shape index (κ3) is 6.86. The van der Waals surface area contributed by atoms with Gasteiger partial charge in [-0.25, -0.2) is 9.24 Å². The van der Waals surface area contributed by atoms with Crippen LogP contribution in [0.5, 0.6) is 0 Å². The maximum absolute atomic E-state index is 16.0. The molecule has 6 heterocycles. The molecule has 6 aliphatic rings. The number of rotatable bonds is 7. The Bertz CT molecular complexity index is 2170. The maximum atomic E-state index is 16.0. The number of carbonyl (C=O) groups is 4. The van der Waals surface area contributed by atoms with E-state index in [4.69, 9.17) is 18.2 Å². The Morgan fingerprint density at radius 3 is 2.07 bits per heavy atom. The molecule has 6 aliphatic heterocycles. The molecule has 2 atom stereocenters. The highest BCUT2D eigenvalue weighted by molar-refractivity contribution is 6.33. The molecule has 14 heteroatoms. The van der Waals surface area contributed by atoms with Crippen LogP contribution in [0.15, 0.2) is 60.7 Å². The lowest BCUT2D eigenvalue weighted by Gasteiger charge is -2.49. The Labute approximate surface area is 336 Å². The minimum atomic E-state index is -1.39. The molecule has 1 N–H and O–H groups in total. The number of fused-ring (bicyclic) bond motifs is 1. The van der Waals surface area contributed by atoms with E-state index in [-0.39, 0.29) is 42.5 Å². The summed E-state index contributed by atoms with van der Waals surface area (Å²) in [7, 11) is 0. The van der Waals surface area contributed by atoms with Gasteiger partial charge in [0.05, 0.1) is 30.8 Å². The molecule has 5 saturated heterocycles. The van der Waals surface area contributed by atoms with Gasteiger partial charge in [0, 0.05) is 92.6 Å². The number of anilines is 4. The molecule has 0 bridgehead atoms. The first-order chi connectivity index (χ1) is 27.4. The largest absolute Gasteiger partial charge is 0.371 e. The van der Waals surface area contributed by atoms with Gasteiger partial charge in [-0.05, 0) is 92.6 Å². The van der Waals surface area contributed by atoms with E-state index >= 15 is 4.39 Å². The van der Waals surface area contributed by atoms with Crippen LogP contribution in [0.25, 0.3) is 4.85 Å². The predicted molar refractivity (Wildman–Crippen MR) is 217 cm³/mol. The Balaban J connectivity index is 0.739. The summed E-state index contributed by atoms with van der Waals surface area (Å²) in [6.07, 6.45) is 3.59. The number of hydrogen-bond acceptors (Lipinski definition) is 9. The van der Waals surface area contributed by atoms with Crippen molar-refractivity contribution in [2.75, 3.05) is 85.0 Å². The smallest absolute Gasteiger partial charge is 0.262 e. The van der Waals surface area contributed by atoms with Gasteiger partial charge in [0.15, 0.2) is 5.67 Å². The Morgan fingerprint density at radius 1 is 0.789 bits per heavy atom. The molecule has 1 unspecified atom stereocenters. The molecule has 5 fully saturated rings. The van der Waals surface area contributed by atoms with Crippen molar-refractivity contribution in [2.45, 2.75) is 56.8 Å². The number of nitrogens with zero attached hydrogens (tertiary/aromatic N) is 7. The van der Waals surface area contributed by atoms with Crippen molar-refractivity contribution in [2.24, 2.45) is 5.41 Å². The summed E-state index contributed by atoms with van der Waals surface area (Å²) in [5, 5.41) is 2.73. The fourth-order valence-electron chi connectivity index (χ4n) is 10.0. The number of benzene rings is 3. The van der Waals surface area contributed by atoms with Gasteiger partial charge in [-0.2, -0.15) is 0 Å². The normalized spacial score (nSPS) is 24.5. The average Bonchev–Trinajstić information content (AvgIpc) is 3.65. The second kappa shape index (κ2) is 14.3. The first kappa shape index (κ1) is 37.4. The van der Waals surface area contributed by atoms with Crippen LogP contribution in [-0.4, -0.2) is 117 Å². The lowest BCUT2D eigenvalue weighted by Crippen LogP contribution is -2.65. The number of halogens is 2. The van der Waals surface area contributed by atoms with Gasteiger partial charge in [-0.15, -0.1) is 0 Å². The zero-order chi connectivity index (χ0) is 39.6. The molecular weight excluding hydrogens is 747 g/mol. The summed E-state index contributed by atoms with van der Waals surface area (Å²) in [6, 6.07) is 19.0. The van der Waals surface area contributed by atoms with E-state index < -0.39 is 35.3 Å². The second-order valence-electron chi connectivity index (χ2n) is 16.9. The monoisotopic (exact) mass is 792 g/mol. The number of carbonyl (C=O) groups excluding carboxylic acids is 4. The number of imide groups is 2. The average molecular weight is 793 g/mol. The van der Waals surface area contributed by atoms with E-state index in [1.807, 2.05) is 23.1 Å². The zero-order valence-corrected chi connectivity index (χ0v) is 32.8. The van der Waals surface area contributed by atoms with Crippen molar-refractivity contribution in [1.29, 1.82) is 0 Å². The van der Waals surface area contributed by atoms with Crippen molar-refractivity contribution in [3.05, 3.63) is 88.2 Å². The van der Waals surface area contributed by atoms with Crippen molar-refractivity contribution in [1.82, 2.24) is 15.1 Å². The fraction of sp³-hybridized carbons (Fsp3) is 0.465. The Kier molecular flexibility index (Phi) is 9.40. The third-order valence-corrected chi connectivity index (χ3v) is 13.5. The molecule has 0 radical (unpaired) electrons. The molecule has 0 aliphatic carbocycles. The summed E-state index contributed by atoms with van der Waals surface area (Å²) in [5.41, 5.74) is 4.00. The van der Waals surface area contributed by atoms with Gasteiger partial charge in [-0.3, -0.25) is 34.3 Å². The minimum absolute atomic E-state index is 0.0607. The zero-order valence-electron chi connectivity index (χ0n) is 32.1. The van der Waals surface area contributed by atoms with Crippen LogP contribution in [0, 0.1) is 12.0 Å². The maximum Gasteiger partial charge on any atom is 0.262 e. The predicted octanol–water partition coefficient (Wildman–Crippen LogP) is 5.53. The van der Waals surface area contributed by atoms with Gasteiger partial charge < -0.3 is 19.6 Å². The topological polar surface area (TPSA) is 104 Å². The SMILES string of the molecule is [C-]#[N+]c1ccc(N2CC3(CCN(c4ccc(N5CCN(CC6(F)CN(c7ccc8c(c7)C(=O)N(C7CCC(=O)NC7=O)C8=O)C6)CC5)cc4)CC3)C[C@@H]2C)cc1Cl. The number of amides is 4. The highest BCUT2D eigenvalue weighted by Gasteiger charge is 2.48. The number of piperidine rings is 2. The lowest BCUT2D eigenvalue weighted by atomic mass is 9.76. The van der Waals surface area contributed by atoms with E-state index in [2.05, 4.69) is 61.0 Å². The lowest BCUT2D eigenvalue weighted by molar-refractivity contribution is -0.136. The molecular formula is C43H46ClFN8O4. The first-order valence-electron chi connectivity index (χ1n) is 20.0. The number of hydrogen-bond donors (Lipinski definition) is 1. The molecule has 3 aromatic carbocycles. The van der Waals surface area contributed by atoms with Crippen LogP contribution in [0.2, 0.25) is 5.02 Å². The third-order valence-electron chi connectivity index (χ3n) is 13.2. The summed E-state index contributed by atoms with van der Waals surface area (Å²) in [4.78, 5) is 66.2. The second-order valence-corrected chi connectivity index (χ2v) is 17.3. The summed E-state index contributed by atoms with van der Waals surface area (Å²) in [5.74, 6) is -2.18. The molecule has 0 saturated carbocycles. The van der Waals surface area contributed by atoms with Crippen LogP contribution in [0.4, 0.5) is 32.8 Å². The van der Waals surface area contributed by atoms with Crippen molar-refractivity contribution in [3.63, 3.8) is 0 Å². The quantitative estimate of drug-likeness (QED) is 0.245. The van der Waals surface area contributed by atoms with Crippen molar-refractivity contribution in [3.8, 4) is 0 Å². The summed E-state index contributed by atoms with van der Waals surface area (Å²) >= 11 is 6.39. The van der Waals surface area contributed by atoms with Crippen molar-refractivity contribution >= 4 is 63.7 Å². The van der Waals surface area contributed by atoms with Crippen LogP contribution in [0.3, 0.4) is 0 Å². The van der Waals surface area contributed by atoms with Gasteiger partial charge in [-0.1, -0.05) is 17.7 Å². The van der Waals surface area contributed by atoms with Crippen molar-refractivity contribution < 1.29 is 23.6 Å². The van der Waals surface area contributed by atoms with Crippen LogP contribution in [-0.2, 0) is 9.59 Å². The molecule has 12 nitrogen and oxygen atoms in total. The highest BCUT2D eigenvalue weighted by atomic mass is 35.5. The standard InChI is InChI=1S/C43H46ClFN8O4/c1-28-23-42(24-52(28)32-8-10-36(46-2)35(44)22-32)13-15-49(16-14-42)29-3-5-30(6-4-29)50-19-17-48(18-20-50)25-43(45)26-51(27-43)31-7-9-33-34(21-31)41(57)53(40(33)56)37-11-12-38(54)47-39(37)55/h3-10,21-22,28,37H,11-20,23-27H2,1H3,(H,47,54,55)/t28-,37?/m0/s1. The van der Waals surface area contributed by atoms with E-state index in [0.29, 0.717) is 29.0 Å². The molecule has 296 valence electrons. The van der Waals surface area contributed by atoms with E-state index in [1.54, 1.807) is 18.2 Å². The van der Waals surface area contributed by atoms with Crippen LogP contribution < -0.4 is 24.9 Å². The van der Waals surface area contributed by atoms with Crippen LogP contribution >= 0.6 is 11.6 Å². The van der Waals surface area contributed by atoms with Gasteiger partial charge >= 0.3 is 0 Å². The Hall–Kier alpha value is -5.19.